The van der Waals surface area contributed by atoms with Crippen molar-refractivity contribution in [2.75, 3.05) is 0 Å². The quantitative estimate of drug-likeness (QED) is 0.725. The third-order valence-electron chi connectivity index (χ3n) is 2.74. The molecule has 0 fully saturated rings. The zero-order valence-electron chi connectivity index (χ0n) is 11.9. The van der Waals surface area contributed by atoms with E-state index in [2.05, 4.69) is 15.2 Å². The first-order chi connectivity index (χ1) is 9.93. The highest BCUT2D eigenvalue weighted by molar-refractivity contribution is 5.44. The molecule has 3 heterocycles. The van der Waals surface area contributed by atoms with Gasteiger partial charge in [0.05, 0.1) is 6.26 Å². The summed E-state index contributed by atoms with van der Waals surface area (Å²) in [5.74, 6) is 0.865. The minimum atomic E-state index is -0.558. The van der Waals surface area contributed by atoms with Gasteiger partial charge in [-0.1, -0.05) is 25.9 Å². The highest BCUT2D eigenvalue weighted by Gasteiger charge is 2.23. The van der Waals surface area contributed by atoms with Crippen molar-refractivity contribution in [2.45, 2.75) is 32.7 Å². The van der Waals surface area contributed by atoms with Crippen LogP contribution in [0.25, 0.3) is 11.6 Å². The molecule has 8 heteroatoms. The van der Waals surface area contributed by atoms with Crippen LogP contribution in [0.5, 0.6) is 0 Å². The summed E-state index contributed by atoms with van der Waals surface area (Å²) >= 11 is 0. The molecular formula is C13H14N4O4. The normalized spacial score (nSPS) is 12.0. The largest absolute Gasteiger partial charge is 0.461 e. The van der Waals surface area contributed by atoms with Gasteiger partial charge in [0, 0.05) is 5.41 Å². The molecule has 0 aliphatic carbocycles. The van der Waals surface area contributed by atoms with Crippen molar-refractivity contribution in [3.63, 3.8) is 0 Å². The maximum Gasteiger partial charge on any atom is 0.437 e. The minimum absolute atomic E-state index is 0.0477. The van der Waals surface area contributed by atoms with E-state index in [0.29, 0.717) is 17.5 Å². The molecule has 0 aliphatic heterocycles. The van der Waals surface area contributed by atoms with E-state index in [4.69, 9.17) is 13.4 Å². The van der Waals surface area contributed by atoms with Crippen LogP contribution in [-0.2, 0) is 12.0 Å². The zero-order valence-corrected chi connectivity index (χ0v) is 11.9. The Bertz CT molecular complexity index is 789. The van der Waals surface area contributed by atoms with E-state index in [1.54, 1.807) is 12.1 Å². The molecule has 0 radical (unpaired) electrons. The summed E-state index contributed by atoms with van der Waals surface area (Å²) in [5.41, 5.74) is -0.349. The van der Waals surface area contributed by atoms with Crippen LogP contribution in [0.4, 0.5) is 0 Å². The monoisotopic (exact) mass is 290 g/mol. The molecule has 0 unspecified atom stereocenters. The second-order valence-electron chi connectivity index (χ2n) is 5.57. The second-order valence-corrected chi connectivity index (χ2v) is 5.57. The number of furan rings is 1. The Kier molecular flexibility index (Phi) is 3.00. The van der Waals surface area contributed by atoms with Crippen LogP contribution in [0, 0.1) is 0 Å². The number of nitrogens with zero attached hydrogens (tertiary/aromatic N) is 4. The predicted molar refractivity (Wildman–Crippen MR) is 70.6 cm³/mol. The molecule has 3 rings (SSSR count). The number of aromatic nitrogens is 4. The standard InChI is InChI=1S/C13H14N4O4/c1-13(2,3)11-15-17(12(18)20-11)7-9-14-10(16-21-9)8-5-4-6-19-8/h4-6H,7H2,1-3H3. The molecule has 8 nitrogen and oxygen atoms in total. The molecule has 0 atom stereocenters. The van der Waals surface area contributed by atoms with E-state index in [9.17, 15) is 4.79 Å². The van der Waals surface area contributed by atoms with E-state index in [-0.39, 0.29) is 17.9 Å². The summed E-state index contributed by atoms with van der Waals surface area (Å²) in [6, 6.07) is 3.44. The third-order valence-corrected chi connectivity index (χ3v) is 2.74. The van der Waals surface area contributed by atoms with Gasteiger partial charge in [-0.3, -0.25) is 0 Å². The van der Waals surface area contributed by atoms with Crippen LogP contribution < -0.4 is 5.76 Å². The van der Waals surface area contributed by atoms with Gasteiger partial charge in [0.25, 0.3) is 0 Å². The molecule has 21 heavy (non-hydrogen) atoms. The van der Waals surface area contributed by atoms with Crippen molar-refractivity contribution in [3.8, 4) is 11.6 Å². The smallest absolute Gasteiger partial charge is 0.437 e. The fourth-order valence-corrected chi connectivity index (χ4v) is 1.66. The van der Waals surface area contributed by atoms with Crippen LogP contribution in [0.1, 0.15) is 32.6 Å². The van der Waals surface area contributed by atoms with Crippen molar-refractivity contribution < 1.29 is 13.4 Å². The van der Waals surface area contributed by atoms with Crippen LogP contribution in [-0.4, -0.2) is 19.9 Å². The molecule has 0 aromatic carbocycles. The van der Waals surface area contributed by atoms with E-state index >= 15 is 0 Å². The fourth-order valence-electron chi connectivity index (χ4n) is 1.66. The summed E-state index contributed by atoms with van der Waals surface area (Å²) in [6.07, 6.45) is 1.52. The maximum atomic E-state index is 11.8. The average Bonchev–Trinajstić information content (AvgIpc) is 3.10. The third kappa shape index (κ3) is 2.64. The van der Waals surface area contributed by atoms with Crippen LogP contribution in [0.2, 0.25) is 0 Å². The molecule has 0 spiro atoms. The predicted octanol–water partition coefficient (Wildman–Crippen LogP) is 1.83. The molecule has 3 aromatic rings. The van der Waals surface area contributed by atoms with E-state index < -0.39 is 5.76 Å². The molecular weight excluding hydrogens is 276 g/mol. The summed E-state index contributed by atoms with van der Waals surface area (Å²) < 4.78 is 16.5. The van der Waals surface area contributed by atoms with Gasteiger partial charge in [0.1, 0.15) is 6.54 Å². The Balaban J connectivity index is 1.85. The van der Waals surface area contributed by atoms with Gasteiger partial charge >= 0.3 is 5.76 Å². The summed E-state index contributed by atoms with van der Waals surface area (Å²) in [6.45, 7) is 5.77. The van der Waals surface area contributed by atoms with Crippen molar-refractivity contribution in [1.82, 2.24) is 19.9 Å². The molecule has 110 valence electrons. The van der Waals surface area contributed by atoms with Gasteiger partial charge < -0.3 is 13.4 Å². The summed E-state index contributed by atoms with van der Waals surface area (Å²) in [5, 5.41) is 7.92. The molecule has 0 bridgehead atoms. The second kappa shape index (κ2) is 4.72. The van der Waals surface area contributed by atoms with Crippen molar-refractivity contribution in [2.24, 2.45) is 0 Å². The van der Waals surface area contributed by atoms with Gasteiger partial charge in [-0.15, -0.1) is 5.10 Å². The number of rotatable bonds is 3. The number of hydrogen-bond acceptors (Lipinski definition) is 7. The van der Waals surface area contributed by atoms with Gasteiger partial charge in [-0.05, 0) is 12.1 Å². The Morgan fingerprint density at radius 1 is 1.33 bits per heavy atom. The van der Waals surface area contributed by atoms with Gasteiger partial charge in [0.2, 0.25) is 17.6 Å². The molecule has 0 saturated heterocycles. The minimum Gasteiger partial charge on any atom is -0.461 e. The van der Waals surface area contributed by atoms with Gasteiger partial charge in [-0.2, -0.15) is 9.67 Å². The summed E-state index contributed by atoms with van der Waals surface area (Å²) in [4.78, 5) is 15.9. The molecule has 3 aromatic heterocycles. The van der Waals surface area contributed by atoms with E-state index in [1.165, 1.54) is 6.26 Å². The Labute approximate surface area is 119 Å². The lowest BCUT2D eigenvalue weighted by Crippen LogP contribution is -2.17. The van der Waals surface area contributed by atoms with Crippen molar-refractivity contribution >= 4 is 0 Å². The highest BCUT2D eigenvalue weighted by Crippen LogP contribution is 2.19. The average molecular weight is 290 g/mol. The van der Waals surface area contributed by atoms with Crippen LogP contribution >= 0.6 is 0 Å². The van der Waals surface area contributed by atoms with Crippen LogP contribution in [0.15, 0.2) is 36.5 Å². The Morgan fingerprint density at radius 3 is 2.76 bits per heavy atom. The Morgan fingerprint density at radius 2 is 2.14 bits per heavy atom. The first kappa shape index (κ1) is 13.3. The summed E-state index contributed by atoms with van der Waals surface area (Å²) in [7, 11) is 0. The molecule has 0 aliphatic rings. The van der Waals surface area contributed by atoms with Crippen molar-refractivity contribution in [1.29, 1.82) is 0 Å². The lowest BCUT2D eigenvalue weighted by molar-refractivity contribution is 0.356. The van der Waals surface area contributed by atoms with E-state index in [1.807, 2.05) is 20.8 Å². The van der Waals surface area contributed by atoms with Crippen LogP contribution in [0.3, 0.4) is 0 Å². The maximum absolute atomic E-state index is 11.8. The lowest BCUT2D eigenvalue weighted by atomic mass is 9.97. The topological polar surface area (TPSA) is 100 Å². The molecule has 0 saturated carbocycles. The SMILES string of the molecule is CC(C)(C)c1nn(Cc2nc(-c3ccco3)no2)c(=O)o1. The molecule has 0 amide bonds. The Hall–Kier alpha value is -2.64. The van der Waals surface area contributed by atoms with E-state index in [0.717, 1.165) is 4.68 Å². The van der Waals surface area contributed by atoms with Gasteiger partial charge in [-0.25, -0.2) is 4.79 Å². The first-order valence-electron chi connectivity index (χ1n) is 6.38. The highest BCUT2D eigenvalue weighted by atomic mass is 16.5. The molecule has 0 N–H and O–H groups in total. The zero-order chi connectivity index (χ0) is 15.0. The number of hydrogen-bond donors (Lipinski definition) is 0. The first-order valence-corrected chi connectivity index (χ1v) is 6.38. The fraction of sp³-hybridized carbons (Fsp3) is 0.385. The lowest BCUT2D eigenvalue weighted by Gasteiger charge is -2.10. The van der Waals surface area contributed by atoms with Crippen molar-refractivity contribution in [3.05, 3.63) is 40.7 Å². The van der Waals surface area contributed by atoms with Gasteiger partial charge in [0.15, 0.2) is 5.76 Å².